The van der Waals surface area contributed by atoms with Crippen LogP contribution in [0.1, 0.15) is 11.5 Å². The fourth-order valence-corrected chi connectivity index (χ4v) is 3.42. The maximum absolute atomic E-state index is 15.2. The summed E-state index contributed by atoms with van der Waals surface area (Å²) in [5.41, 5.74) is 0.889. The van der Waals surface area contributed by atoms with Crippen molar-refractivity contribution in [3.63, 3.8) is 0 Å². The van der Waals surface area contributed by atoms with Crippen LogP contribution >= 0.6 is 11.8 Å². The minimum absolute atomic E-state index is 0.0326. The van der Waals surface area contributed by atoms with Crippen molar-refractivity contribution in [2.45, 2.75) is 6.92 Å². The quantitative estimate of drug-likeness (QED) is 0.392. The molecule has 0 saturated carbocycles. The summed E-state index contributed by atoms with van der Waals surface area (Å²) in [6, 6.07) is 8.01. The zero-order chi connectivity index (χ0) is 24.8. The number of methoxy groups -OCH3 is 3. The van der Waals surface area contributed by atoms with Crippen LogP contribution in [0, 0.1) is 12.7 Å². The van der Waals surface area contributed by atoms with Crippen molar-refractivity contribution in [1.82, 2.24) is 10.1 Å². The average molecular weight is 488 g/mol. The van der Waals surface area contributed by atoms with Gasteiger partial charge in [0, 0.05) is 18.1 Å². The Balaban J connectivity index is 2.19. The third-order valence-electron chi connectivity index (χ3n) is 4.50. The number of aryl methyl sites for hydroxylation is 1. The van der Waals surface area contributed by atoms with E-state index in [1.807, 2.05) is 0 Å². The first-order chi connectivity index (χ1) is 16.3. The topological polar surface area (TPSA) is 129 Å². The molecule has 1 N–H and O–H groups in total. The first-order valence-electron chi connectivity index (χ1n) is 9.67. The third kappa shape index (κ3) is 5.17. The Morgan fingerprint density at radius 2 is 1.88 bits per heavy atom. The molecule has 0 aliphatic carbocycles. The molecule has 0 aliphatic rings. The molecular weight excluding hydrogens is 467 g/mol. The van der Waals surface area contributed by atoms with E-state index in [0.717, 1.165) is 11.8 Å². The van der Waals surface area contributed by atoms with E-state index in [2.05, 4.69) is 24.9 Å². The van der Waals surface area contributed by atoms with Gasteiger partial charge >= 0.3 is 6.09 Å². The van der Waals surface area contributed by atoms with Crippen LogP contribution in [0.4, 0.5) is 14.9 Å². The van der Waals surface area contributed by atoms with Gasteiger partial charge in [-0.2, -0.15) is 9.98 Å². The number of carbonyl (C=O) groups is 1. The molecule has 34 heavy (non-hydrogen) atoms. The summed E-state index contributed by atoms with van der Waals surface area (Å²) in [5.74, 6) is -1.09. The summed E-state index contributed by atoms with van der Waals surface area (Å²) in [6.45, 7) is 1.68. The van der Waals surface area contributed by atoms with Crippen molar-refractivity contribution in [1.29, 1.82) is 0 Å². The molecule has 0 unspecified atom stereocenters. The first kappa shape index (κ1) is 24.7. The SMILES string of the molecule is COC(=O)/N=C(SC)/C(=N\c1ccc(-c2noc(C)n2)cc1)c1cc(OC)c(OC)c(O)c1F. The molecule has 1 aromatic heterocycles. The van der Waals surface area contributed by atoms with Gasteiger partial charge in [0.05, 0.1) is 27.0 Å². The van der Waals surface area contributed by atoms with Crippen LogP contribution in [-0.4, -0.2) is 59.7 Å². The second kappa shape index (κ2) is 10.8. The van der Waals surface area contributed by atoms with Gasteiger partial charge < -0.3 is 23.8 Å². The lowest BCUT2D eigenvalue weighted by atomic mass is 10.1. The number of halogens is 1. The summed E-state index contributed by atoms with van der Waals surface area (Å²) in [6.07, 6.45) is 0.738. The van der Waals surface area contributed by atoms with Crippen molar-refractivity contribution in [3.05, 3.63) is 47.6 Å². The van der Waals surface area contributed by atoms with E-state index in [1.54, 1.807) is 37.4 Å². The predicted octanol–water partition coefficient (Wildman–Crippen LogP) is 4.56. The van der Waals surface area contributed by atoms with Crippen LogP contribution in [0.3, 0.4) is 0 Å². The second-order valence-electron chi connectivity index (χ2n) is 6.56. The number of hydrogen-bond acceptors (Lipinski definition) is 10. The standard InChI is InChI=1S/C22H21FN4O6S/c1-11-24-20(27-33-11)12-6-8-13(9-7-12)25-17(21(34-5)26-22(29)32-4)14-10-15(30-2)19(31-3)18(28)16(14)23/h6-10,28H,1-5H3/b25-17-,26-21-. The molecule has 3 rings (SSSR count). The molecule has 0 saturated heterocycles. The van der Waals surface area contributed by atoms with Gasteiger partial charge in [-0.25, -0.2) is 14.2 Å². The fraction of sp³-hybridized carbons (Fsp3) is 0.227. The number of phenolic OH excluding ortho intramolecular Hbond substituents is 1. The Morgan fingerprint density at radius 1 is 1.18 bits per heavy atom. The molecule has 0 aliphatic heterocycles. The third-order valence-corrected chi connectivity index (χ3v) is 5.17. The van der Waals surface area contributed by atoms with Crippen LogP contribution < -0.4 is 9.47 Å². The number of aromatic hydroxyl groups is 1. The van der Waals surface area contributed by atoms with Gasteiger partial charge in [0.15, 0.2) is 17.3 Å². The van der Waals surface area contributed by atoms with Crippen LogP contribution in [0.15, 0.2) is 44.8 Å². The Bertz CT molecular complexity index is 1260. The highest BCUT2D eigenvalue weighted by molar-refractivity contribution is 8.15. The molecule has 12 heteroatoms. The number of ether oxygens (including phenoxy) is 3. The Labute approximate surface area is 198 Å². The molecular formula is C22H21FN4O6S. The van der Waals surface area contributed by atoms with Crippen LogP contribution in [0.5, 0.6) is 17.2 Å². The van der Waals surface area contributed by atoms with E-state index in [9.17, 15) is 9.90 Å². The smallest absolute Gasteiger partial charge is 0.434 e. The van der Waals surface area contributed by atoms with Crippen LogP contribution in [0.2, 0.25) is 0 Å². The largest absolute Gasteiger partial charge is 0.502 e. The maximum atomic E-state index is 15.2. The molecule has 10 nitrogen and oxygen atoms in total. The number of phenols is 1. The van der Waals surface area contributed by atoms with Gasteiger partial charge in [0.25, 0.3) is 0 Å². The second-order valence-corrected chi connectivity index (χ2v) is 7.35. The summed E-state index contributed by atoms with van der Waals surface area (Å²) < 4.78 is 35.1. The van der Waals surface area contributed by atoms with Gasteiger partial charge in [-0.1, -0.05) is 5.16 Å². The molecule has 1 amide bonds. The normalized spacial score (nSPS) is 11.9. The molecule has 0 atom stereocenters. The number of benzene rings is 2. The maximum Gasteiger partial charge on any atom is 0.434 e. The van der Waals surface area contributed by atoms with Gasteiger partial charge in [-0.3, -0.25) is 0 Å². The van der Waals surface area contributed by atoms with Crippen molar-refractivity contribution >= 4 is 34.3 Å². The Hall–Kier alpha value is -3.93. The predicted molar refractivity (Wildman–Crippen MR) is 125 cm³/mol. The van der Waals surface area contributed by atoms with Crippen LogP contribution in [-0.2, 0) is 4.74 Å². The highest BCUT2D eigenvalue weighted by atomic mass is 32.2. The summed E-state index contributed by atoms with van der Waals surface area (Å²) in [5, 5.41) is 14.3. The number of nitrogens with zero attached hydrogens (tertiary/aromatic N) is 4. The lowest BCUT2D eigenvalue weighted by Gasteiger charge is -2.15. The number of thioether (sulfide) groups is 1. The van der Waals surface area contributed by atoms with Gasteiger partial charge in [0.1, 0.15) is 10.8 Å². The molecule has 0 bridgehead atoms. The van der Waals surface area contributed by atoms with Gasteiger partial charge in [0.2, 0.25) is 17.5 Å². The van der Waals surface area contributed by atoms with E-state index in [4.69, 9.17) is 14.0 Å². The monoisotopic (exact) mass is 488 g/mol. The lowest BCUT2D eigenvalue weighted by molar-refractivity contribution is 0.183. The molecule has 0 radical (unpaired) electrons. The first-order valence-corrected chi connectivity index (χ1v) is 10.9. The zero-order valence-electron chi connectivity index (χ0n) is 19.0. The number of amides is 1. The van der Waals surface area contributed by atoms with E-state index < -0.39 is 17.7 Å². The van der Waals surface area contributed by atoms with Crippen molar-refractivity contribution in [3.8, 4) is 28.6 Å². The highest BCUT2D eigenvalue weighted by Gasteiger charge is 2.25. The molecule has 0 fully saturated rings. The van der Waals surface area contributed by atoms with E-state index in [0.29, 0.717) is 23.0 Å². The lowest BCUT2D eigenvalue weighted by Crippen LogP contribution is -2.16. The molecule has 1 heterocycles. The van der Waals surface area contributed by atoms with E-state index in [1.165, 1.54) is 27.4 Å². The van der Waals surface area contributed by atoms with Crippen molar-refractivity contribution in [2.75, 3.05) is 27.6 Å². The van der Waals surface area contributed by atoms with E-state index >= 15 is 4.39 Å². The zero-order valence-corrected chi connectivity index (χ0v) is 19.8. The number of rotatable bonds is 6. The summed E-state index contributed by atoms with van der Waals surface area (Å²) in [7, 11) is 3.78. The number of hydrogen-bond donors (Lipinski definition) is 1. The van der Waals surface area contributed by atoms with E-state index in [-0.39, 0.29) is 27.8 Å². The molecule has 2 aromatic carbocycles. The molecule has 3 aromatic rings. The van der Waals surface area contributed by atoms with Gasteiger partial charge in [-0.15, -0.1) is 11.8 Å². The minimum atomic E-state index is -1.03. The highest BCUT2D eigenvalue weighted by Crippen LogP contribution is 2.41. The molecule has 178 valence electrons. The Morgan fingerprint density at radius 3 is 2.41 bits per heavy atom. The summed E-state index contributed by atoms with van der Waals surface area (Å²) in [4.78, 5) is 24.4. The minimum Gasteiger partial charge on any atom is -0.502 e. The van der Waals surface area contributed by atoms with Crippen LogP contribution in [0.25, 0.3) is 11.4 Å². The summed E-state index contributed by atoms with van der Waals surface area (Å²) >= 11 is 1.04. The average Bonchev–Trinajstić information content (AvgIpc) is 3.29. The fourth-order valence-electron chi connectivity index (χ4n) is 2.90. The van der Waals surface area contributed by atoms with Gasteiger partial charge in [-0.05, 0) is 36.6 Å². The van der Waals surface area contributed by atoms with Crippen molar-refractivity contribution < 1.29 is 33.0 Å². The number of aliphatic imine (C=N–C) groups is 2. The number of carbonyl (C=O) groups excluding carboxylic acids is 1. The number of aromatic nitrogens is 2. The van der Waals surface area contributed by atoms with Crippen molar-refractivity contribution in [2.24, 2.45) is 9.98 Å². The molecule has 0 spiro atoms. The Kier molecular flexibility index (Phi) is 7.84.